The Morgan fingerprint density at radius 2 is 1.68 bits per heavy atom. The molecule has 3 rings (SSSR count). The minimum Gasteiger partial charge on any atom is -0.298 e. The summed E-state index contributed by atoms with van der Waals surface area (Å²) in [6, 6.07) is 2.58. The van der Waals surface area contributed by atoms with Crippen LogP contribution >= 0.6 is 0 Å². The van der Waals surface area contributed by atoms with Crippen molar-refractivity contribution >= 4 is 0 Å². The van der Waals surface area contributed by atoms with Gasteiger partial charge in [0.25, 0.3) is 0 Å². The average molecular weight is 264 g/mol. The zero-order chi connectivity index (χ0) is 13.2. The third-order valence-corrected chi connectivity index (χ3v) is 6.10. The number of hydrogen-bond acceptors (Lipinski definition) is 2. The summed E-state index contributed by atoms with van der Waals surface area (Å²) >= 11 is 0. The van der Waals surface area contributed by atoms with Crippen molar-refractivity contribution in [3.05, 3.63) is 0 Å². The van der Waals surface area contributed by atoms with Gasteiger partial charge < -0.3 is 0 Å². The van der Waals surface area contributed by atoms with Crippen LogP contribution in [-0.2, 0) is 0 Å². The van der Waals surface area contributed by atoms with Crippen LogP contribution in [0.3, 0.4) is 0 Å². The zero-order valence-corrected chi connectivity index (χ0v) is 13.0. The lowest BCUT2D eigenvalue weighted by molar-refractivity contribution is -0.0193. The molecular weight excluding hydrogens is 232 g/mol. The van der Waals surface area contributed by atoms with Gasteiger partial charge in [0.2, 0.25) is 0 Å². The van der Waals surface area contributed by atoms with Gasteiger partial charge in [-0.2, -0.15) is 0 Å². The van der Waals surface area contributed by atoms with Crippen molar-refractivity contribution in [3.63, 3.8) is 0 Å². The van der Waals surface area contributed by atoms with E-state index in [1.165, 1.54) is 71.0 Å². The molecule has 2 nitrogen and oxygen atoms in total. The van der Waals surface area contributed by atoms with Gasteiger partial charge in [0.05, 0.1) is 0 Å². The second-order valence-corrected chi connectivity index (χ2v) is 7.27. The fraction of sp³-hybridized carbons (Fsp3) is 1.00. The molecule has 3 aliphatic rings. The number of piperazine rings is 1. The molecule has 110 valence electrons. The molecule has 0 amide bonds. The molecule has 0 radical (unpaired) electrons. The minimum absolute atomic E-state index is 0.789. The Hall–Kier alpha value is -0.0800. The molecule has 0 aromatic heterocycles. The molecule has 2 saturated heterocycles. The van der Waals surface area contributed by atoms with Gasteiger partial charge in [-0.05, 0) is 57.9 Å². The van der Waals surface area contributed by atoms with Crippen LogP contribution in [0.2, 0.25) is 0 Å². The number of fused-ring (bicyclic) bond motifs is 1. The maximum Gasteiger partial charge on any atom is 0.0224 e. The highest BCUT2D eigenvalue weighted by molar-refractivity contribution is 4.93. The largest absolute Gasteiger partial charge is 0.298 e. The van der Waals surface area contributed by atoms with Crippen molar-refractivity contribution in [1.82, 2.24) is 9.80 Å². The molecule has 2 atom stereocenters. The first-order valence-corrected chi connectivity index (χ1v) is 8.77. The van der Waals surface area contributed by atoms with Crippen LogP contribution in [0.15, 0.2) is 0 Å². The van der Waals surface area contributed by atoms with E-state index in [1.54, 1.807) is 0 Å². The van der Waals surface area contributed by atoms with Crippen molar-refractivity contribution in [2.75, 3.05) is 19.6 Å². The average Bonchev–Trinajstić information content (AvgIpc) is 2.47. The summed E-state index contributed by atoms with van der Waals surface area (Å²) < 4.78 is 0. The lowest BCUT2D eigenvalue weighted by Gasteiger charge is -2.51. The van der Waals surface area contributed by atoms with Crippen molar-refractivity contribution in [2.45, 2.75) is 83.3 Å². The van der Waals surface area contributed by atoms with E-state index < -0.39 is 0 Å². The molecule has 2 unspecified atom stereocenters. The number of nitrogens with zero attached hydrogens (tertiary/aromatic N) is 2. The molecule has 2 heteroatoms. The second kappa shape index (κ2) is 6.13. The lowest BCUT2D eigenvalue weighted by atomic mass is 9.82. The Balaban J connectivity index is 1.58. The highest BCUT2D eigenvalue weighted by Crippen LogP contribution is 2.33. The molecule has 2 heterocycles. The highest BCUT2D eigenvalue weighted by Gasteiger charge is 2.37. The molecule has 2 aliphatic heterocycles. The van der Waals surface area contributed by atoms with Gasteiger partial charge in [-0.25, -0.2) is 0 Å². The lowest BCUT2D eigenvalue weighted by Crippen LogP contribution is -2.61. The Kier molecular flexibility index (Phi) is 4.48. The van der Waals surface area contributed by atoms with Crippen LogP contribution in [0.25, 0.3) is 0 Å². The standard InChI is InChI=1S/C17H32N2/c1-3-15-7-9-16(10-8-15)19-13-17-6-4-5-11-18(17)12-14(19)2/h14-17H,3-13H2,1-2H3. The fourth-order valence-corrected chi connectivity index (χ4v) is 4.77. The molecule has 0 aromatic carbocycles. The first-order valence-electron chi connectivity index (χ1n) is 8.77. The SMILES string of the molecule is CCC1CCC(N2CC3CCCCN3CC2C)CC1. The minimum atomic E-state index is 0.789. The summed E-state index contributed by atoms with van der Waals surface area (Å²) in [4.78, 5) is 5.67. The van der Waals surface area contributed by atoms with E-state index in [4.69, 9.17) is 0 Å². The van der Waals surface area contributed by atoms with Gasteiger partial charge in [-0.1, -0.05) is 19.8 Å². The van der Waals surface area contributed by atoms with Crippen LogP contribution in [0, 0.1) is 5.92 Å². The number of rotatable bonds is 2. The van der Waals surface area contributed by atoms with Crippen LogP contribution in [0.4, 0.5) is 0 Å². The third kappa shape index (κ3) is 3.00. The van der Waals surface area contributed by atoms with Crippen molar-refractivity contribution in [3.8, 4) is 0 Å². The molecule has 19 heavy (non-hydrogen) atoms. The van der Waals surface area contributed by atoms with Crippen LogP contribution in [0.1, 0.15) is 65.2 Å². The summed E-state index contributed by atoms with van der Waals surface area (Å²) in [6.45, 7) is 8.90. The normalized spacial score (nSPS) is 42.0. The van der Waals surface area contributed by atoms with Crippen molar-refractivity contribution < 1.29 is 0 Å². The predicted molar refractivity (Wildman–Crippen MR) is 81.4 cm³/mol. The first kappa shape index (κ1) is 13.9. The number of hydrogen-bond donors (Lipinski definition) is 0. The van der Waals surface area contributed by atoms with Gasteiger partial charge in [-0.3, -0.25) is 9.80 Å². The Labute approximate surface area is 119 Å². The highest BCUT2D eigenvalue weighted by atomic mass is 15.3. The molecule has 0 aromatic rings. The Morgan fingerprint density at radius 1 is 0.895 bits per heavy atom. The molecule has 1 aliphatic carbocycles. The van der Waals surface area contributed by atoms with E-state index in [0.717, 1.165) is 24.0 Å². The molecule has 3 fully saturated rings. The third-order valence-electron chi connectivity index (χ3n) is 6.10. The van der Waals surface area contributed by atoms with E-state index >= 15 is 0 Å². The predicted octanol–water partition coefficient (Wildman–Crippen LogP) is 3.51. The van der Waals surface area contributed by atoms with Crippen LogP contribution < -0.4 is 0 Å². The smallest absolute Gasteiger partial charge is 0.0224 e. The molecular formula is C17H32N2. The first-order chi connectivity index (χ1) is 9.28. The van der Waals surface area contributed by atoms with Gasteiger partial charge in [0, 0.05) is 31.2 Å². The van der Waals surface area contributed by atoms with Crippen LogP contribution in [-0.4, -0.2) is 47.6 Å². The zero-order valence-electron chi connectivity index (χ0n) is 13.0. The van der Waals surface area contributed by atoms with E-state index in [0.29, 0.717) is 0 Å². The topological polar surface area (TPSA) is 6.48 Å². The summed E-state index contributed by atoms with van der Waals surface area (Å²) in [6.07, 6.45) is 11.7. The van der Waals surface area contributed by atoms with E-state index in [9.17, 15) is 0 Å². The molecule has 0 bridgehead atoms. The summed E-state index contributed by atoms with van der Waals surface area (Å²) in [7, 11) is 0. The van der Waals surface area contributed by atoms with E-state index in [1.807, 2.05) is 0 Å². The second-order valence-electron chi connectivity index (χ2n) is 7.27. The van der Waals surface area contributed by atoms with E-state index in [2.05, 4.69) is 23.6 Å². The van der Waals surface area contributed by atoms with E-state index in [-0.39, 0.29) is 0 Å². The maximum absolute atomic E-state index is 2.89. The van der Waals surface area contributed by atoms with Crippen molar-refractivity contribution in [1.29, 1.82) is 0 Å². The van der Waals surface area contributed by atoms with Gasteiger partial charge in [-0.15, -0.1) is 0 Å². The van der Waals surface area contributed by atoms with Crippen molar-refractivity contribution in [2.24, 2.45) is 5.92 Å². The van der Waals surface area contributed by atoms with Gasteiger partial charge in [0.1, 0.15) is 0 Å². The Morgan fingerprint density at radius 3 is 2.42 bits per heavy atom. The van der Waals surface area contributed by atoms with Gasteiger partial charge in [0.15, 0.2) is 0 Å². The maximum atomic E-state index is 2.89. The Bertz CT molecular complexity index is 283. The quantitative estimate of drug-likeness (QED) is 0.753. The van der Waals surface area contributed by atoms with Crippen LogP contribution in [0.5, 0.6) is 0 Å². The molecule has 0 N–H and O–H groups in total. The number of piperidine rings is 1. The molecule has 1 saturated carbocycles. The van der Waals surface area contributed by atoms with Gasteiger partial charge >= 0.3 is 0 Å². The summed E-state index contributed by atoms with van der Waals surface area (Å²) in [5.74, 6) is 1.03. The summed E-state index contributed by atoms with van der Waals surface area (Å²) in [5.41, 5.74) is 0. The molecule has 0 spiro atoms. The monoisotopic (exact) mass is 264 g/mol. The summed E-state index contributed by atoms with van der Waals surface area (Å²) in [5, 5.41) is 0. The fourth-order valence-electron chi connectivity index (χ4n) is 4.77.